The van der Waals surface area contributed by atoms with Crippen LogP contribution in [0, 0.1) is 0 Å². The maximum atomic E-state index is 12.5. The van der Waals surface area contributed by atoms with Gasteiger partial charge in [0.1, 0.15) is 10.6 Å². The number of carbonyl (C=O) groups excluding carboxylic acids is 1. The van der Waals surface area contributed by atoms with E-state index >= 15 is 0 Å². The van der Waals surface area contributed by atoms with Gasteiger partial charge in [0.2, 0.25) is 10.0 Å². The number of sulfonamides is 1. The molecule has 136 valence electrons. The molecule has 0 aliphatic carbocycles. The molecule has 1 fully saturated rings. The first-order valence-electron chi connectivity index (χ1n) is 7.91. The van der Waals surface area contributed by atoms with Crippen LogP contribution in [-0.2, 0) is 26.5 Å². The minimum Gasteiger partial charge on any atom is -0.461 e. The quantitative estimate of drug-likeness (QED) is 0.646. The van der Waals surface area contributed by atoms with E-state index in [0.29, 0.717) is 6.61 Å². The molecule has 1 aliphatic heterocycles. The van der Waals surface area contributed by atoms with Crippen LogP contribution in [0.15, 0.2) is 17.2 Å². The number of carbonyl (C=O) groups is 1. The van der Waals surface area contributed by atoms with Crippen LogP contribution < -0.4 is 10.0 Å². The Kier molecular flexibility index (Phi) is 6.02. The largest absolute Gasteiger partial charge is 0.461 e. The fourth-order valence-electron chi connectivity index (χ4n) is 2.88. The minimum absolute atomic E-state index is 0.0404. The third kappa shape index (κ3) is 4.15. The Hall–Kier alpha value is -1.42. The normalized spacial score (nSPS) is 21.1. The van der Waals surface area contributed by atoms with Gasteiger partial charge in [-0.25, -0.2) is 17.9 Å². The SMILES string of the molecule is CCOC(=O)c1cc(S(=O)(=O)NCC2(COC)CCCN2)cn1C. The maximum absolute atomic E-state index is 12.5. The Morgan fingerprint density at radius 3 is 2.83 bits per heavy atom. The number of ether oxygens (including phenoxy) is 2. The van der Waals surface area contributed by atoms with Gasteiger partial charge in [0.25, 0.3) is 0 Å². The average molecular weight is 359 g/mol. The Morgan fingerprint density at radius 2 is 2.25 bits per heavy atom. The van der Waals surface area contributed by atoms with E-state index in [1.54, 1.807) is 21.1 Å². The zero-order valence-electron chi connectivity index (χ0n) is 14.3. The van der Waals surface area contributed by atoms with Gasteiger partial charge < -0.3 is 19.4 Å². The topological polar surface area (TPSA) is 98.7 Å². The molecule has 0 spiro atoms. The van der Waals surface area contributed by atoms with Crippen molar-refractivity contribution in [1.29, 1.82) is 0 Å². The first kappa shape index (κ1) is 18.9. The van der Waals surface area contributed by atoms with E-state index in [9.17, 15) is 13.2 Å². The molecule has 0 radical (unpaired) electrons. The second-order valence-corrected chi connectivity index (χ2v) is 7.73. The molecule has 0 bridgehead atoms. The number of nitrogens with zero attached hydrogens (tertiary/aromatic N) is 1. The fourth-order valence-corrected chi connectivity index (χ4v) is 4.07. The summed E-state index contributed by atoms with van der Waals surface area (Å²) in [5, 5.41) is 3.32. The number of aryl methyl sites for hydroxylation is 1. The molecule has 1 aromatic heterocycles. The van der Waals surface area contributed by atoms with Gasteiger partial charge in [0.15, 0.2) is 0 Å². The molecular formula is C15H25N3O5S. The highest BCUT2D eigenvalue weighted by Crippen LogP contribution is 2.20. The summed E-state index contributed by atoms with van der Waals surface area (Å²) in [4.78, 5) is 11.9. The zero-order chi connectivity index (χ0) is 17.8. The van der Waals surface area contributed by atoms with E-state index < -0.39 is 16.0 Å². The summed E-state index contributed by atoms with van der Waals surface area (Å²) in [6, 6.07) is 1.32. The van der Waals surface area contributed by atoms with Crippen LogP contribution in [0.25, 0.3) is 0 Å². The van der Waals surface area contributed by atoms with Crippen LogP contribution in [-0.4, -0.2) is 57.9 Å². The van der Waals surface area contributed by atoms with E-state index in [1.807, 2.05) is 0 Å². The smallest absolute Gasteiger partial charge is 0.354 e. The first-order valence-corrected chi connectivity index (χ1v) is 9.39. The van der Waals surface area contributed by atoms with Crippen molar-refractivity contribution in [2.75, 3.05) is 33.4 Å². The van der Waals surface area contributed by atoms with E-state index in [0.717, 1.165) is 19.4 Å². The number of nitrogens with one attached hydrogen (secondary N) is 2. The molecule has 1 atom stereocenters. The second kappa shape index (κ2) is 7.64. The summed E-state index contributed by atoms with van der Waals surface area (Å²) in [5.74, 6) is -0.547. The summed E-state index contributed by atoms with van der Waals surface area (Å²) in [6.45, 7) is 3.42. The monoisotopic (exact) mass is 359 g/mol. The Balaban J connectivity index is 2.13. The third-order valence-corrected chi connectivity index (χ3v) is 5.50. The standard InChI is InChI=1S/C15H25N3O5S/c1-4-23-14(19)13-8-12(9-18(13)2)24(20,21)17-10-15(11-22-3)6-5-7-16-15/h8-9,16-17H,4-7,10-11H2,1-3H3. The van der Waals surface area contributed by atoms with Crippen molar-refractivity contribution in [3.8, 4) is 0 Å². The molecule has 1 aromatic rings. The Morgan fingerprint density at radius 1 is 1.50 bits per heavy atom. The number of hydrogen-bond donors (Lipinski definition) is 2. The molecule has 1 aliphatic rings. The lowest BCUT2D eigenvalue weighted by atomic mass is 9.99. The Bertz CT molecular complexity index is 677. The van der Waals surface area contributed by atoms with Gasteiger partial charge in [-0.05, 0) is 32.4 Å². The zero-order valence-corrected chi connectivity index (χ0v) is 15.1. The second-order valence-electron chi connectivity index (χ2n) is 5.96. The number of hydrogen-bond acceptors (Lipinski definition) is 6. The highest BCUT2D eigenvalue weighted by atomic mass is 32.2. The molecule has 2 N–H and O–H groups in total. The van der Waals surface area contributed by atoms with Crippen LogP contribution in [0.1, 0.15) is 30.3 Å². The van der Waals surface area contributed by atoms with Crippen molar-refractivity contribution >= 4 is 16.0 Å². The van der Waals surface area contributed by atoms with Crippen molar-refractivity contribution < 1.29 is 22.7 Å². The summed E-state index contributed by atoms with van der Waals surface area (Å²) in [6.07, 6.45) is 3.22. The van der Waals surface area contributed by atoms with Crippen LogP contribution in [0.3, 0.4) is 0 Å². The molecule has 0 amide bonds. The molecule has 2 rings (SSSR count). The summed E-state index contributed by atoms with van der Waals surface area (Å²) >= 11 is 0. The third-order valence-electron chi connectivity index (χ3n) is 4.13. The molecular weight excluding hydrogens is 334 g/mol. The molecule has 0 saturated carbocycles. The van der Waals surface area contributed by atoms with Gasteiger partial charge in [-0.15, -0.1) is 0 Å². The predicted octanol–water partition coefficient (Wildman–Crippen LogP) is 0.249. The molecule has 0 aromatic carbocycles. The maximum Gasteiger partial charge on any atom is 0.354 e. The van der Waals surface area contributed by atoms with Crippen LogP contribution in [0.5, 0.6) is 0 Å². The number of aromatic nitrogens is 1. The van der Waals surface area contributed by atoms with E-state index in [4.69, 9.17) is 9.47 Å². The van der Waals surface area contributed by atoms with E-state index in [1.165, 1.54) is 16.8 Å². The van der Waals surface area contributed by atoms with Gasteiger partial charge in [0.05, 0.1) is 18.8 Å². The number of esters is 1. The van der Waals surface area contributed by atoms with Gasteiger partial charge in [0, 0.05) is 26.9 Å². The van der Waals surface area contributed by atoms with Crippen molar-refractivity contribution in [3.63, 3.8) is 0 Å². The van der Waals surface area contributed by atoms with Crippen molar-refractivity contribution in [3.05, 3.63) is 18.0 Å². The number of methoxy groups -OCH3 is 1. The van der Waals surface area contributed by atoms with Crippen LogP contribution in [0.4, 0.5) is 0 Å². The number of rotatable bonds is 8. The lowest BCUT2D eigenvalue weighted by Crippen LogP contribution is -2.52. The first-order chi connectivity index (χ1) is 11.3. The highest BCUT2D eigenvalue weighted by Gasteiger charge is 2.35. The van der Waals surface area contributed by atoms with Gasteiger partial charge in [-0.2, -0.15) is 0 Å². The molecule has 9 heteroatoms. The van der Waals surface area contributed by atoms with Crippen molar-refractivity contribution in [2.45, 2.75) is 30.2 Å². The minimum atomic E-state index is -3.73. The van der Waals surface area contributed by atoms with Gasteiger partial charge in [-0.3, -0.25) is 0 Å². The van der Waals surface area contributed by atoms with Crippen LogP contribution in [0.2, 0.25) is 0 Å². The molecule has 2 heterocycles. The lowest BCUT2D eigenvalue weighted by Gasteiger charge is -2.28. The van der Waals surface area contributed by atoms with Crippen molar-refractivity contribution in [2.24, 2.45) is 7.05 Å². The predicted molar refractivity (Wildman–Crippen MR) is 88.4 cm³/mol. The van der Waals surface area contributed by atoms with E-state index in [-0.39, 0.29) is 29.3 Å². The van der Waals surface area contributed by atoms with Crippen molar-refractivity contribution in [1.82, 2.24) is 14.6 Å². The molecule has 1 unspecified atom stereocenters. The van der Waals surface area contributed by atoms with Crippen LogP contribution >= 0.6 is 0 Å². The summed E-state index contributed by atoms with van der Waals surface area (Å²) in [5.41, 5.74) is -0.191. The van der Waals surface area contributed by atoms with Gasteiger partial charge in [-0.1, -0.05) is 0 Å². The highest BCUT2D eigenvalue weighted by molar-refractivity contribution is 7.89. The summed E-state index contributed by atoms with van der Waals surface area (Å²) < 4.78 is 39.3. The van der Waals surface area contributed by atoms with Gasteiger partial charge >= 0.3 is 5.97 Å². The Labute approximate surface area is 142 Å². The molecule has 24 heavy (non-hydrogen) atoms. The molecule has 1 saturated heterocycles. The lowest BCUT2D eigenvalue weighted by molar-refractivity contribution is 0.0515. The average Bonchev–Trinajstić information content (AvgIpc) is 3.14. The van der Waals surface area contributed by atoms with E-state index in [2.05, 4.69) is 10.0 Å². The summed E-state index contributed by atoms with van der Waals surface area (Å²) in [7, 11) is -0.525. The fraction of sp³-hybridized carbons (Fsp3) is 0.667. The molecule has 8 nitrogen and oxygen atoms in total.